The molecular weight excluding hydrogens is 295 g/mol. The third kappa shape index (κ3) is 2.33. The number of H-pyrrole nitrogens is 1. The Kier molecular flexibility index (Phi) is 3.30. The number of hydrogen-bond acceptors (Lipinski definition) is 5. The van der Waals surface area contributed by atoms with E-state index >= 15 is 0 Å². The number of benzene rings is 1. The largest absolute Gasteiger partial charge is 0.334 e. The third-order valence-corrected chi connectivity index (χ3v) is 3.44. The van der Waals surface area contributed by atoms with Crippen molar-refractivity contribution in [2.45, 2.75) is 5.16 Å². The van der Waals surface area contributed by atoms with Crippen LogP contribution in [0.3, 0.4) is 0 Å². The Morgan fingerprint density at radius 1 is 1.33 bits per heavy atom. The molecule has 0 amide bonds. The Morgan fingerprint density at radius 3 is 2.86 bits per heavy atom. The fourth-order valence-electron chi connectivity index (χ4n) is 1.94. The van der Waals surface area contributed by atoms with E-state index in [0.29, 0.717) is 5.16 Å². The molecule has 21 heavy (non-hydrogen) atoms. The van der Waals surface area contributed by atoms with Gasteiger partial charge in [-0.15, -0.1) is 0 Å². The first-order chi connectivity index (χ1) is 10.1. The monoisotopic (exact) mass is 304 g/mol. The van der Waals surface area contributed by atoms with Crippen LogP contribution in [0, 0.1) is 5.82 Å². The number of aromatic amines is 1. The fourth-order valence-corrected chi connectivity index (χ4v) is 2.28. The number of rotatable bonds is 2. The van der Waals surface area contributed by atoms with Crippen LogP contribution in [0.1, 0.15) is 0 Å². The van der Waals surface area contributed by atoms with E-state index in [4.69, 9.17) is 0 Å². The van der Waals surface area contributed by atoms with E-state index in [1.54, 1.807) is 6.26 Å². The molecule has 106 valence electrons. The molecule has 0 atom stereocenters. The van der Waals surface area contributed by atoms with Crippen molar-refractivity contribution in [3.8, 4) is 5.69 Å². The quantitative estimate of drug-likeness (QED) is 0.570. The average Bonchev–Trinajstić information content (AvgIpc) is 2.46. The number of fused-ring (bicyclic) bond motifs is 1. The van der Waals surface area contributed by atoms with Gasteiger partial charge in [-0.2, -0.15) is 0 Å². The van der Waals surface area contributed by atoms with Crippen molar-refractivity contribution in [1.29, 1.82) is 0 Å². The van der Waals surface area contributed by atoms with Crippen LogP contribution in [0.25, 0.3) is 16.7 Å². The number of nitrogens with zero attached hydrogens (tertiary/aromatic N) is 3. The van der Waals surface area contributed by atoms with E-state index in [9.17, 15) is 14.0 Å². The van der Waals surface area contributed by atoms with Gasteiger partial charge in [-0.05, 0) is 24.5 Å². The molecule has 2 heterocycles. The van der Waals surface area contributed by atoms with Crippen LogP contribution in [0.2, 0.25) is 0 Å². The molecule has 0 aliphatic carbocycles. The highest BCUT2D eigenvalue weighted by atomic mass is 32.2. The number of aromatic nitrogens is 4. The molecule has 0 fully saturated rings. The molecule has 0 aliphatic heterocycles. The summed E-state index contributed by atoms with van der Waals surface area (Å²) in [5.41, 5.74) is -0.954. The molecule has 0 aliphatic rings. The Balaban J connectivity index is 2.35. The Labute approximate surface area is 121 Å². The van der Waals surface area contributed by atoms with Gasteiger partial charge in [-0.3, -0.25) is 9.78 Å². The zero-order chi connectivity index (χ0) is 15.0. The summed E-state index contributed by atoms with van der Waals surface area (Å²) in [6, 6.07) is 5.24. The maximum Gasteiger partial charge on any atom is 0.334 e. The third-order valence-electron chi connectivity index (χ3n) is 2.88. The van der Waals surface area contributed by atoms with Gasteiger partial charge in [-0.1, -0.05) is 17.8 Å². The molecule has 0 spiro atoms. The van der Waals surface area contributed by atoms with E-state index in [0.717, 1.165) is 10.6 Å². The van der Waals surface area contributed by atoms with Crippen LogP contribution in [0.5, 0.6) is 0 Å². The van der Waals surface area contributed by atoms with Crippen LogP contribution in [-0.4, -0.2) is 25.8 Å². The van der Waals surface area contributed by atoms with Gasteiger partial charge in [0.1, 0.15) is 11.2 Å². The smallest absolute Gasteiger partial charge is 0.291 e. The van der Waals surface area contributed by atoms with Crippen LogP contribution in [0.4, 0.5) is 4.39 Å². The zero-order valence-corrected chi connectivity index (χ0v) is 11.6. The van der Waals surface area contributed by atoms with Crippen LogP contribution >= 0.6 is 11.8 Å². The van der Waals surface area contributed by atoms with Gasteiger partial charge >= 0.3 is 5.69 Å². The van der Waals surface area contributed by atoms with E-state index in [1.807, 2.05) is 0 Å². The summed E-state index contributed by atoms with van der Waals surface area (Å²) in [7, 11) is 0. The topological polar surface area (TPSA) is 80.6 Å². The van der Waals surface area contributed by atoms with Crippen molar-refractivity contribution in [3.05, 3.63) is 57.1 Å². The normalized spacial score (nSPS) is 11.0. The molecule has 2 aromatic heterocycles. The summed E-state index contributed by atoms with van der Waals surface area (Å²) >= 11 is 1.30. The van der Waals surface area contributed by atoms with Crippen molar-refractivity contribution >= 4 is 22.8 Å². The zero-order valence-electron chi connectivity index (χ0n) is 10.8. The Hall–Kier alpha value is -2.48. The van der Waals surface area contributed by atoms with Gasteiger partial charge in [0.25, 0.3) is 5.56 Å². The predicted octanol–water partition coefficient (Wildman–Crippen LogP) is 1.33. The first-order valence-electron chi connectivity index (χ1n) is 5.92. The first kappa shape index (κ1) is 13.5. The summed E-state index contributed by atoms with van der Waals surface area (Å²) in [6.45, 7) is 0. The number of halogens is 1. The lowest BCUT2D eigenvalue weighted by Crippen LogP contribution is -2.34. The molecule has 6 nitrogen and oxygen atoms in total. The molecule has 0 radical (unpaired) electrons. The standard InChI is InChI=1S/C13H9FN4O2S/c1-21-12-15-6-9-10(16-12)17-13(20)18(11(9)19)8-4-2-3-7(14)5-8/h2-6H,1H3,(H,15,16,17,20). The highest BCUT2D eigenvalue weighted by molar-refractivity contribution is 7.98. The minimum Gasteiger partial charge on any atom is -0.291 e. The first-order valence-corrected chi connectivity index (χ1v) is 7.14. The summed E-state index contributed by atoms with van der Waals surface area (Å²) in [6.07, 6.45) is 3.13. The minimum absolute atomic E-state index is 0.150. The van der Waals surface area contributed by atoms with Crippen molar-refractivity contribution in [2.24, 2.45) is 0 Å². The van der Waals surface area contributed by atoms with Gasteiger partial charge < -0.3 is 0 Å². The molecular formula is C13H9FN4O2S. The van der Waals surface area contributed by atoms with Crippen molar-refractivity contribution in [1.82, 2.24) is 19.5 Å². The average molecular weight is 304 g/mol. The number of hydrogen-bond donors (Lipinski definition) is 1. The predicted molar refractivity (Wildman–Crippen MR) is 77.5 cm³/mol. The van der Waals surface area contributed by atoms with Crippen molar-refractivity contribution < 1.29 is 4.39 Å². The van der Waals surface area contributed by atoms with E-state index in [2.05, 4.69) is 15.0 Å². The molecule has 3 rings (SSSR count). The maximum atomic E-state index is 13.3. The lowest BCUT2D eigenvalue weighted by Gasteiger charge is -2.06. The molecule has 3 aromatic rings. The van der Waals surface area contributed by atoms with Gasteiger partial charge in [0.05, 0.1) is 5.69 Å². The fraction of sp³-hybridized carbons (Fsp3) is 0.0769. The van der Waals surface area contributed by atoms with Crippen LogP contribution in [0.15, 0.2) is 45.2 Å². The van der Waals surface area contributed by atoms with E-state index in [1.165, 1.54) is 36.2 Å². The van der Waals surface area contributed by atoms with Crippen LogP contribution < -0.4 is 11.2 Å². The number of thioether (sulfide) groups is 1. The lowest BCUT2D eigenvalue weighted by molar-refractivity contribution is 0.626. The van der Waals surface area contributed by atoms with E-state index < -0.39 is 17.1 Å². The van der Waals surface area contributed by atoms with E-state index in [-0.39, 0.29) is 16.7 Å². The van der Waals surface area contributed by atoms with Gasteiger partial charge in [0.2, 0.25) is 0 Å². The summed E-state index contributed by atoms with van der Waals surface area (Å²) in [5.74, 6) is -0.534. The van der Waals surface area contributed by atoms with Gasteiger partial charge in [-0.25, -0.2) is 23.7 Å². The van der Waals surface area contributed by atoms with Crippen molar-refractivity contribution in [3.63, 3.8) is 0 Å². The maximum absolute atomic E-state index is 13.3. The minimum atomic E-state index is -0.677. The van der Waals surface area contributed by atoms with Gasteiger partial charge in [0, 0.05) is 6.20 Å². The second-order valence-electron chi connectivity index (χ2n) is 4.17. The lowest BCUT2D eigenvalue weighted by atomic mass is 10.3. The number of nitrogens with one attached hydrogen (secondary N) is 1. The highest BCUT2D eigenvalue weighted by Crippen LogP contribution is 2.11. The SMILES string of the molecule is CSc1ncc2c(=O)n(-c3cccc(F)c3)c(=O)[nH]c2n1. The second-order valence-corrected chi connectivity index (χ2v) is 4.94. The molecule has 0 unspecified atom stereocenters. The summed E-state index contributed by atoms with van der Waals surface area (Å²) < 4.78 is 14.1. The molecule has 0 saturated carbocycles. The van der Waals surface area contributed by atoms with Crippen molar-refractivity contribution in [2.75, 3.05) is 6.26 Å². The molecule has 0 saturated heterocycles. The highest BCUT2D eigenvalue weighted by Gasteiger charge is 2.11. The molecule has 8 heteroatoms. The molecule has 0 bridgehead atoms. The molecule has 1 aromatic carbocycles. The van der Waals surface area contributed by atoms with Gasteiger partial charge in [0.15, 0.2) is 10.8 Å². The second kappa shape index (κ2) is 5.13. The summed E-state index contributed by atoms with van der Waals surface area (Å²) in [5, 5.41) is 0.609. The Bertz CT molecular complexity index is 951. The Morgan fingerprint density at radius 2 is 2.14 bits per heavy atom. The molecule has 1 N–H and O–H groups in total. The van der Waals surface area contributed by atoms with Crippen LogP contribution in [-0.2, 0) is 0 Å². The summed E-state index contributed by atoms with van der Waals surface area (Å²) in [4.78, 5) is 35.1.